The lowest BCUT2D eigenvalue weighted by atomic mass is 10.00. The molecular weight excluding hydrogens is 435 g/mol. The lowest BCUT2D eigenvalue weighted by Gasteiger charge is -2.15. The van der Waals surface area contributed by atoms with Crippen molar-refractivity contribution in [3.63, 3.8) is 0 Å². The van der Waals surface area contributed by atoms with E-state index in [-0.39, 0.29) is 0 Å². The van der Waals surface area contributed by atoms with Crippen molar-refractivity contribution in [1.29, 1.82) is 0 Å². The monoisotopic (exact) mass is 472 g/mol. The predicted octanol–water partition coefficient (Wildman–Crippen LogP) is 9.17. The molecule has 0 amide bonds. The number of benzene rings is 2. The van der Waals surface area contributed by atoms with E-state index in [1.165, 1.54) is 22.3 Å². The summed E-state index contributed by atoms with van der Waals surface area (Å²) >= 11 is 12.9. The van der Waals surface area contributed by atoms with Gasteiger partial charge < -0.3 is 0 Å². The summed E-state index contributed by atoms with van der Waals surface area (Å²) in [6.07, 6.45) is 8.26. The molecule has 174 valence electrons. The van der Waals surface area contributed by atoms with E-state index < -0.39 is 4.84 Å². The molecule has 2 nitrogen and oxygen atoms in total. The third-order valence-electron chi connectivity index (χ3n) is 5.57. The zero-order valence-corrected chi connectivity index (χ0v) is 21.9. The first-order chi connectivity index (χ1) is 15.5. The van der Waals surface area contributed by atoms with Crippen LogP contribution >= 0.6 is 23.2 Å². The fraction of sp³-hybridized carbons (Fsp3) is 0.500. The van der Waals surface area contributed by atoms with Gasteiger partial charge in [0.15, 0.2) is 4.84 Å². The molecule has 0 saturated carbocycles. The number of hydrogen-bond acceptors (Lipinski definition) is 2. The smallest absolute Gasteiger partial charge is 0.151 e. The third kappa shape index (κ3) is 7.18. The maximum atomic E-state index is 6.47. The summed E-state index contributed by atoms with van der Waals surface area (Å²) in [6.45, 7) is 10.8. The van der Waals surface area contributed by atoms with Gasteiger partial charge in [-0.05, 0) is 54.9 Å². The van der Waals surface area contributed by atoms with Crippen LogP contribution in [0.1, 0.15) is 82.6 Å². The van der Waals surface area contributed by atoms with Crippen molar-refractivity contribution in [1.82, 2.24) is 0 Å². The van der Waals surface area contributed by atoms with Gasteiger partial charge in [0, 0.05) is 0 Å². The summed E-state index contributed by atoms with van der Waals surface area (Å²) < 4.78 is 0. The third-order valence-corrected chi connectivity index (χ3v) is 5.99. The Labute approximate surface area is 205 Å². The van der Waals surface area contributed by atoms with Gasteiger partial charge >= 0.3 is 0 Å². The van der Waals surface area contributed by atoms with Crippen LogP contribution in [0.5, 0.6) is 0 Å². The second-order valence-corrected chi connectivity index (χ2v) is 9.44. The largest absolute Gasteiger partial charge is 0.251 e. The van der Waals surface area contributed by atoms with Crippen LogP contribution < -0.4 is 0 Å². The van der Waals surface area contributed by atoms with Crippen LogP contribution in [0, 0.1) is 0 Å². The van der Waals surface area contributed by atoms with Gasteiger partial charge in [0.25, 0.3) is 0 Å². The second kappa shape index (κ2) is 13.8. The highest BCUT2D eigenvalue weighted by Gasteiger charge is 2.18. The zero-order chi connectivity index (χ0) is 23.5. The fourth-order valence-corrected chi connectivity index (χ4v) is 4.51. The summed E-state index contributed by atoms with van der Waals surface area (Å²) in [5.41, 5.74) is 8.55. The van der Waals surface area contributed by atoms with Crippen molar-refractivity contribution in [2.75, 3.05) is 0 Å². The van der Waals surface area contributed by atoms with Crippen LogP contribution in [-0.2, 0) is 25.7 Å². The van der Waals surface area contributed by atoms with Gasteiger partial charge in [0.05, 0.1) is 22.8 Å². The Balaban J connectivity index is 2.65. The molecule has 0 aliphatic heterocycles. The highest BCUT2D eigenvalue weighted by Crippen LogP contribution is 2.31. The van der Waals surface area contributed by atoms with Crippen LogP contribution in [0.15, 0.2) is 46.4 Å². The molecular formula is C28H38Cl2N2. The van der Waals surface area contributed by atoms with Gasteiger partial charge in [-0.1, -0.05) is 113 Å². The number of alkyl halides is 2. The number of nitrogens with zero attached hydrogens (tertiary/aromatic N) is 2. The maximum absolute atomic E-state index is 6.47. The molecule has 0 saturated heterocycles. The van der Waals surface area contributed by atoms with Gasteiger partial charge in [-0.25, -0.2) is 4.99 Å². The molecule has 2 aromatic carbocycles. The molecule has 0 N–H and O–H groups in total. The number of halogens is 2. The molecule has 0 bridgehead atoms. The molecule has 0 heterocycles. The van der Waals surface area contributed by atoms with Crippen LogP contribution in [0.4, 0.5) is 11.4 Å². The van der Waals surface area contributed by atoms with Crippen molar-refractivity contribution in [2.24, 2.45) is 9.98 Å². The van der Waals surface area contributed by atoms with Crippen molar-refractivity contribution >= 4 is 46.0 Å². The van der Waals surface area contributed by atoms with Crippen LogP contribution in [0.2, 0.25) is 0 Å². The van der Waals surface area contributed by atoms with Gasteiger partial charge in [-0.3, -0.25) is 4.99 Å². The average molecular weight is 474 g/mol. The van der Waals surface area contributed by atoms with Crippen molar-refractivity contribution in [3.05, 3.63) is 58.7 Å². The first-order valence-electron chi connectivity index (χ1n) is 12.1. The summed E-state index contributed by atoms with van der Waals surface area (Å²) in [5.74, 6) is 0. The molecule has 0 fully saturated rings. The Morgan fingerprint density at radius 1 is 0.656 bits per heavy atom. The summed E-state index contributed by atoms with van der Waals surface area (Å²) in [7, 11) is 0. The molecule has 32 heavy (non-hydrogen) atoms. The van der Waals surface area contributed by atoms with E-state index in [2.05, 4.69) is 64.1 Å². The topological polar surface area (TPSA) is 24.7 Å². The highest BCUT2D eigenvalue weighted by molar-refractivity contribution is 6.65. The van der Waals surface area contributed by atoms with E-state index in [4.69, 9.17) is 33.2 Å². The Kier molecular flexibility index (Phi) is 11.5. The van der Waals surface area contributed by atoms with Crippen LogP contribution in [0.3, 0.4) is 0 Å². The van der Waals surface area contributed by atoms with Crippen molar-refractivity contribution < 1.29 is 0 Å². The van der Waals surface area contributed by atoms with Crippen molar-refractivity contribution in [3.8, 4) is 0 Å². The molecule has 2 aromatic rings. The average Bonchev–Trinajstić information content (AvgIpc) is 2.76. The first kappa shape index (κ1) is 26.6. The zero-order valence-electron chi connectivity index (χ0n) is 20.3. The van der Waals surface area contributed by atoms with Gasteiger partial charge in [0.1, 0.15) is 0 Å². The number of aliphatic imine (C=N–C) groups is 2. The normalized spacial score (nSPS) is 12.6. The fourth-order valence-electron chi connectivity index (χ4n) is 4.09. The molecule has 0 unspecified atom stereocenters. The Bertz CT molecular complexity index is 881. The number of rotatable bonds is 12. The number of aryl methyl sites for hydroxylation is 4. The minimum atomic E-state index is -0.740. The molecule has 0 radical (unpaired) electrons. The molecule has 4 heteroatoms. The Morgan fingerprint density at radius 2 is 1.00 bits per heavy atom. The lowest BCUT2D eigenvalue weighted by molar-refractivity contribution is 0.894. The SMILES string of the molecule is CCCc1cccc(CCC)c1N=C(C)C(=Nc1c(CCC)cccc1CCC)C(Cl)Cl. The summed E-state index contributed by atoms with van der Waals surface area (Å²) in [6, 6.07) is 13.0. The summed E-state index contributed by atoms with van der Waals surface area (Å²) in [5, 5.41) is 0. The van der Waals surface area contributed by atoms with E-state index in [0.717, 1.165) is 68.5 Å². The van der Waals surface area contributed by atoms with E-state index in [1.54, 1.807) is 0 Å². The molecule has 0 aromatic heterocycles. The Morgan fingerprint density at radius 3 is 1.31 bits per heavy atom. The minimum absolute atomic E-state index is 0.642. The Hall–Kier alpha value is -1.64. The second-order valence-electron chi connectivity index (χ2n) is 8.34. The molecule has 0 spiro atoms. The lowest BCUT2D eigenvalue weighted by Crippen LogP contribution is -2.18. The molecule has 0 aliphatic rings. The predicted molar refractivity (Wildman–Crippen MR) is 144 cm³/mol. The molecule has 0 aliphatic carbocycles. The van der Waals surface area contributed by atoms with E-state index >= 15 is 0 Å². The van der Waals surface area contributed by atoms with Gasteiger partial charge in [0.2, 0.25) is 0 Å². The number of para-hydroxylation sites is 2. The van der Waals surface area contributed by atoms with Crippen molar-refractivity contribution in [2.45, 2.75) is 90.8 Å². The first-order valence-corrected chi connectivity index (χ1v) is 13.0. The van der Waals surface area contributed by atoms with Crippen LogP contribution in [0.25, 0.3) is 0 Å². The highest BCUT2D eigenvalue weighted by atomic mass is 35.5. The number of hydrogen-bond donors (Lipinski definition) is 0. The quantitative estimate of drug-likeness (QED) is 0.217. The van der Waals surface area contributed by atoms with E-state index in [9.17, 15) is 0 Å². The van der Waals surface area contributed by atoms with Gasteiger partial charge in [-0.2, -0.15) is 0 Å². The maximum Gasteiger partial charge on any atom is 0.151 e. The van der Waals surface area contributed by atoms with E-state index in [1.807, 2.05) is 6.92 Å². The minimum Gasteiger partial charge on any atom is -0.251 e. The van der Waals surface area contributed by atoms with Crippen LogP contribution in [-0.4, -0.2) is 16.3 Å². The molecule has 0 atom stereocenters. The van der Waals surface area contributed by atoms with Gasteiger partial charge in [-0.15, -0.1) is 0 Å². The standard InChI is InChI=1S/C28H38Cl2N2/c1-6-12-21-16-10-17-22(13-7-2)26(21)31-20(5)25(28(29)30)32-27-23(14-8-3)18-11-19-24(27)15-9-4/h10-11,16-19,28H,6-9,12-15H2,1-5H3. The molecule has 2 rings (SSSR count). The summed E-state index contributed by atoms with van der Waals surface area (Å²) in [4.78, 5) is 9.41. The van der Waals surface area contributed by atoms with E-state index in [0.29, 0.717) is 5.71 Å².